The van der Waals surface area contributed by atoms with E-state index in [-0.39, 0.29) is 5.41 Å². The van der Waals surface area contributed by atoms with E-state index in [1.54, 1.807) is 0 Å². The van der Waals surface area contributed by atoms with Crippen molar-refractivity contribution in [2.75, 3.05) is 6.54 Å². The van der Waals surface area contributed by atoms with Crippen LogP contribution in [-0.2, 0) is 5.41 Å². The van der Waals surface area contributed by atoms with Gasteiger partial charge in [-0.1, -0.05) is 44.2 Å². The molecule has 2 aliphatic carbocycles. The Hall–Kier alpha value is -1.33. The minimum absolute atomic E-state index is 0.238. The normalized spacial score (nSPS) is 35.2. The van der Waals surface area contributed by atoms with Gasteiger partial charge in [0.15, 0.2) is 0 Å². The largest absolute Gasteiger partial charge is 0.314 e. The number of nitrogens with zero attached hydrogens (tertiary/aromatic N) is 1. The van der Waals surface area contributed by atoms with Crippen LogP contribution in [0.25, 0.3) is 0 Å². The van der Waals surface area contributed by atoms with Crippen LogP contribution in [0.2, 0.25) is 0 Å². The molecule has 1 aromatic carbocycles. The van der Waals surface area contributed by atoms with E-state index in [0.29, 0.717) is 11.5 Å². The Morgan fingerprint density at radius 1 is 1.21 bits per heavy atom. The van der Waals surface area contributed by atoms with Crippen molar-refractivity contribution in [3.8, 4) is 6.07 Å². The monoisotopic (exact) mass is 254 g/mol. The van der Waals surface area contributed by atoms with Gasteiger partial charge in [-0.15, -0.1) is 0 Å². The molecule has 0 radical (unpaired) electrons. The highest BCUT2D eigenvalue weighted by molar-refractivity contribution is 5.36. The van der Waals surface area contributed by atoms with Crippen molar-refractivity contribution in [2.24, 2.45) is 11.3 Å². The van der Waals surface area contributed by atoms with Gasteiger partial charge in [0, 0.05) is 6.04 Å². The summed E-state index contributed by atoms with van der Waals surface area (Å²) in [5.74, 6) is 0.835. The van der Waals surface area contributed by atoms with Gasteiger partial charge in [0.05, 0.1) is 11.5 Å². The molecule has 2 aliphatic rings. The highest BCUT2D eigenvalue weighted by atomic mass is 15.0. The van der Waals surface area contributed by atoms with Crippen LogP contribution in [0.4, 0.5) is 0 Å². The van der Waals surface area contributed by atoms with Crippen LogP contribution in [0.3, 0.4) is 0 Å². The molecule has 19 heavy (non-hydrogen) atoms. The van der Waals surface area contributed by atoms with Crippen LogP contribution in [-0.4, -0.2) is 12.6 Å². The summed E-state index contributed by atoms with van der Waals surface area (Å²) in [6.45, 7) is 5.79. The maximum Gasteiger partial charge on any atom is 0.0852 e. The zero-order valence-corrected chi connectivity index (χ0v) is 11.8. The summed E-state index contributed by atoms with van der Waals surface area (Å²) in [5.41, 5.74) is 1.49. The zero-order valence-electron chi connectivity index (χ0n) is 11.8. The third kappa shape index (κ3) is 2.28. The number of benzene rings is 1. The fourth-order valence-corrected chi connectivity index (χ4v) is 3.31. The molecule has 0 spiro atoms. The lowest BCUT2D eigenvalue weighted by Crippen LogP contribution is -2.51. The second-order valence-corrected chi connectivity index (χ2v) is 6.96. The van der Waals surface area contributed by atoms with Crippen molar-refractivity contribution in [3.05, 3.63) is 35.9 Å². The topological polar surface area (TPSA) is 35.8 Å². The van der Waals surface area contributed by atoms with Crippen molar-refractivity contribution in [1.29, 1.82) is 5.26 Å². The third-order valence-electron chi connectivity index (χ3n) is 5.10. The van der Waals surface area contributed by atoms with Crippen LogP contribution in [0, 0.1) is 22.7 Å². The lowest BCUT2D eigenvalue weighted by atomic mass is 9.62. The molecule has 0 bridgehead atoms. The summed E-state index contributed by atoms with van der Waals surface area (Å²) in [7, 11) is 0. The van der Waals surface area contributed by atoms with E-state index in [1.807, 2.05) is 18.2 Å². The molecule has 1 aromatic rings. The number of hydrogen-bond acceptors (Lipinski definition) is 2. The average molecular weight is 254 g/mol. The zero-order chi connectivity index (χ0) is 13.5. The summed E-state index contributed by atoms with van der Waals surface area (Å²) in [5, 5.41) is 13.1. The van der Waals surface area contributed by atoms with Crippen molar-refractivity contribution in [1.82, 2.24) is 5.32 Å². The summed E-state index contributed by atoms with van der Waals surface area (Å²) >= 11 is 0. The first kappa shape index (κ1) is 12.7. The Morgan fingerprint density at radius 2 is 1.84 bits per heavy atom. The highest BCUT2D eigenvalue weighted by Gasteiger charge is 2.48. The van der Waals surface area contributed by atoms with Crippen LogP contribution in [0.5, 0.6) is 0 Å². The SMILES string of the molecule is CC1(C)CC1CNC1CC(C#N)(c2ccccc2)C1. The molecule has 0 amide bonds. The molecular weight excluding hydrogens is 232 g/mol. The standard InChI is InChI=1S/C17H22N2/c1-16(2)8-14(16)11-19-15-9-17(10-15,12-18)13-6-4-3-5-7-13/h3-7,14-15,19H,8-11H2,1-2H3. The van der Waals surface area contributed by atoms with E-state index in [0.717, 1.165) is 25.3 Å². The number of rotatable bonds is 4. The molecule has 2 fully saturated rings. The average Bonchev–Trinajstić information content (AvgIpc) is 2.97. The summed E-state index contributed by atoms with van der Waals surface area (Å²) < 4.78 is 0. The van der Waals surface area contributed by atoms with Crippen molar-refractivity contribution in [3.63, 3.8) is 0 Å². The molecule has 2 nitrogen and oxygen atoms in total. The smallest absolute Gasteiger partial charge is 0.0852 e. The Balaban J connectivity index is 1.55. The maximum absolute atomic E-state index is 9.50. The molecule has 0 saturated heterocycles. The van der Waals surface area contributed by atoms with Crippen molar-refractivity contribution < 1.29 is 0 Å². The first-order chi connectivity index (χ1) is 9.06. The lowest BCUT2D eigenvalue weighted by Gasteiger charge is -2.43. The minimum atomic E-state index is -0.238. The fourth-order valence-electron chi connectivity index (χ4n) is 3.31. The van der Waals surface area contributed by atoms with Gasteiger partial charge in [0.25, 0.3) is 0 Å². The second-order valence-electron chi connectivity index (χ2n) is 6.96. The fraction of sp³-hybridized carbons (Fsp3) is 0.588. The van der Waals surface area contributed by atoms with Crippen LogP contribution >= 0.6 is 0 Å². The predicted octanol–water partition coefficient (Wildman–Crippen LogP) is 3.25. The first-order valence-electron chi connectivity index (χ1n) is 7.26. The van der Waals surface area contributed by atoms with Gasteiger partial charge in [0.2, 0.25) is 0 Å². The second kappa shape index (κ2) is 4.35. The molecule has 2 heteroatoms. The quantitative estimate of drug-likeness (QED) is 0.895. The number of nitrogens with one attached hydrogen (secondary N) is 1. The van der Waals surface area contributed by atoms with E-state index in [9.17, 15) is 5.26 Å². The minimum Gasteiger partial charge on any atom is -0.314 e. The third-order valence-corrected chi connectivity index (χ3v) is 5.10. The first-order valence-corrected chi connectivity index (χ1v) is 7.26. The molecule has 1 atom stereocenters. The van der Waals surface area contributed by atoms with Crippen LogP contribution in [0.1, 0.15) is 38.7 Å². The molecule has 0 heterocycles. The van der Waals surface area contributed by atoms with E-state index in [2.05, 4.69) is 37.4 Å². The Kier molecular flexibility index (Phi) is 2.91. The number of hydrogen-bond donors (Lipinski definition) is 1. The molecule has 3 rings (SSSR count). The van der Waals surface area contributed by atoms with Gasteiger partial charge >= 0.3 is 0 Å². The molecule has 0 aliphatic heterocycles. The maximum atomic E-state index is 9.50. The molecule has 1 unspecified atom stereocenters. The van der Waals surface area contributed by atoms with Gasteiger partial charge < -0.3 is 5.32 Å². The highest BCUT2D eigenvalue weighted by Crippen LogP contribution is 2.51. The van der Waals surface area contributed by atoms with E-state index >= 15 is 0 Å². The molecule has 2 saturated carbocycles. The molecule has 0 aromatic heterocycles. The van der Waals surface area contributed by atoms with Crippen molar-refractivity contribution in [2.45, 2.75) is 44.6 Å². The molecule has 1 N–H and O–H groups in total. The van der Waals surface area contributed by atoms with Crippen LogP contribution < -0.4 is 5.32 Å². The van der Waals surface area contributed by atoms with Crippen LogP contribution in [0.15, 0.2) is 30.3 Å². The Bertz CT molecular complexity index is 492. The summed E-state index contributed by atoms with van der Waals surface area (Å²) in [6.07, 6.45) is 3.26. The van der Waals surface area contributed by atoms with E-state index in [4.69, 9.17) is 0 Å². The molecule has 100 valence electrons. The van der Waals surface area contributed by atoms with E-state index < -0.39 is 0 Å². The van der Waals surface area contributed by atoms with Crippen molar-refractivity contribution >= 4 is 0 Å². The van der Waals surface area contributed by atoms with Gasteiger partial charge in [0.1, 0.15) is 0 Å². The summed E-state index contributed by atoms with van der Waals surface area (Å²) in [6, 6.07) is 13.3. The summed E-state index contributed by atoms with van der Waals surface area (Å²) in [4.78, 5) is 0. The molecular formula is C17H22N2. The Labute approximate surface area is 115 Å². The van der Waals surface area contributed by atoms with Gasteiger partial charge in [-0.05, 0) is 42.7 Å². The predicted molar refractivity (Wildman–Crippen MR) is 76.6 cm³/mol. The lowest BCUT2D eigenvalue weighted by molar-refractivity contribution is 0.223. The Morgan fingerprint density at radius 3 is 2.37 bits per heavy atom. The van der Waals surface area contributed by atoms with Gasteiger partial charge in [-0.2, -0.15) is 5.26 Å². The van der Waals surface area contributed by atoms with Gasteiger partial charge in [-0.3, -0.25) is 0 Å². The van der Waals surface area contributed by atoms with E-state index in [1.165, 1.54) is 12.0 Å². The van der Waals surface area contributed by atoms with Gasteiger partial charge in [-0.25, -0.2) is 0 Å². The number of nitriles is 1.